The summed E-state index contributed by atoms with van der Waals surface area (Å²) in [5.41, 5.74) is 5.47. The van der Waals surface area contributed by atoms with E-state index < -0.39 is 0 Å². The smallest absolute Gasteiger partial charge is 0.277 e. The Morgan fingerprint density at radius 2 is 2.00 bits per heavy atom. The Morgan fingerprint density at radius 3 is 2.65 bits per heavy atom. The zero-order valence-corrected chi connectivity index (χ0v) is 17.0. The van der Waals surface area contributed by atoms with Crippen LogP contribution in [0.25, 0.3) is 0 Å². The second-order valence-electron chi connectivity index (χ2n) is 6.17. The summed E-state index contributed by atoms with van der Waals surface area (Å²) in [6.45, 7) is 6.09. The number of hydrogen-bond acceptors (Lipinski definition) is 4. The van der Waals surface area contributed by atoms with Crippen molar-refractivity contribution in [3.63, 3.8) is 0 Å². The molecule has 0 bridgehead atoms. The highest BCUT2D eigenvalue weighted by Crippen LogP contribution is 2.27. The number of methoxy groups -OCH3 is 1. The molecular weight excluding hydrogens is 396 g/mol. The summed E-state index contributed by atoms with van der Waals surface area (Å²) in [5, 5.41) is 3.96. The van der Waals surface area contributed by atoms with Crippen LogP contribution in [0.5, 0.6) is 11.5 Å². The van der Waals surface area contributed by atoms with Crippen molar-refractivity contribution < 1.29 is 14.3 Å². The van der Waals surface area contributed by atoms with Gasteiger partial charge in [-0.3, -0.25) is 4.79 Å². The van der Waals surface area contributed by atoms with E-state index in [1.165, 1.54) is 0 Å². The second-order valence-corrected chi connectivity index (χ2v) is 7.03. The van der Waals surface area contributed by atoms with Gasteiger partial charge in [-0.2, -0.15) is 5.10 Å². The number of ether oxygens (including phenoxy) is 2. The number of hydrogen-bond donors (Lipinski definition) is 1. The Morgan fingerprint density at radius 1 is 1.23 bits per heavy atom. The lowest BCUT2D eigenvalue weighted by atomic mass is 10.0. The molecule has 0 spiro atoms. The third-order valence-corrected chi connectivity index (χ3v) is 4.35. The molecule has 0 saturated carbocycles. The first kappa shape index (κ1) is 20.0. The molecule has 0 radical (unpaired) electrons. The maximum atomic E-state index is 12.0. The molecule has 26 heavy (non-hydrogen) atoms. The standard InChI is InChI=1S/C20H23BrN2O3/c1-13(2)16-7-5-14(3)9-19(16)26-12-20(24)23-22-11-15-6-8-18(25-4)17(21)10-15/h5-11,13H,12H2,1-4H3,(H,23,24)/b22-11+. The van der Waals surface area contributed by atoms with Crippen LogP contribution < -0.4 is 14.9 Å². The normalized spacial score (nSPS) is 11.0. The maximum absolute atomic E-state index is 12.0. The molecule has 2 aromatic carbocycles. The van der Waals surface area contributed by atoms with Crippen molar-refractivity contribution in [1.82, 2.24) is 5.43 Å². The van der Waals surface area contributed by atoms with Gasteiger partial charge in [0.2, 0.25) is 0 Å². The van der Waals surface area contributed by atoms with Crippen molar-refractivity contribution in [3.05, 3.63) is 57.6 Å². The predicted octanol–water partition coefficient (Wildman–Crippen LogP) is 4.42. The fourth-order valence-corrected chi connectivity index (χ4v) is 2.92. The van der Waals surface area contributed by atoms with E-state index in [2.05, 4.69) is 40.3 Å². The van der Waals surface area contributed by atoms with Crippen LogP contribution >= 0.6 is 15.9 Å². The van der Waals surface area contributed by atoms with Crippen molar-refractivity contribution in [3.8, 4) is 11.5 Å². The third kappa shape index (κ3) is 5.59. The molecule has 138 valence electrons. The molecule has 0 fully saturated rings. The molecule has 0 atom stereocenters. The van der Waals surface area contributed by atoms with Crippen molar-refractivity contribution in [1.29, 1.82) is 0 Å². The topological polar surface area (TPSA) is 59.9 Å². The van der Waals surface area contributed by atoms with Crippen LogP contribution in [0.2, 0.25) is 0 Å². The van der Waals surface area contributed by atoms with Gasteiger partial charge < -0.3 is 9.47 Å². The molecule has 0 saturated heterocycles. The highest BCUT2D eigenvalue weighted by molar-refractivity contribution is 9.10. The van der Waals surface area contributed by atoms with E-state index in [-0.39, 0.29) is 12.5 Å². The van der Waals surface area contributed by atoms with Crippen LogP contribution in [-0.2, 0) is 4.79 Å². The van der Waals surface area contributed by atoms with Crippen molar-refractivity contribution in [2.24, 2.45) is 5.10 Å². The Labute approximate surface area is 162 Å². The number of benzene rings is 2. The minimum absolute atomic E-state index is 0.0905. The van der Waals surface area contributed by atoms with Gasteiger partial charge in [-0.25, -0.2) is 5.43 Å². The SMILES string of the molecule is COc1ccc(/C=N/NC(=O)COc2cc(C)ccc2C(C)C)cc1Br. The van der Waals surface area contributed by atoms with E-state index in [1.54, 1.807) is 13.3 Å². The molecular formula is C20H23BrN2O3. The molecule has 2 aromatic rings. The largest absolute Gasteiger partial charge is 0.496 e. The summed E-state index contributed by atoms with van der Waals surface area (Å²) >= 11 is 3.41. The minimum Gasteiger partial charge on any atom is -0.496 e. The molecule has 2 rings (SSSR count). The number of nitrogens with zero attached hydrogens (tertiary/aromatic N) is 1. The summed E-state index contributed by atoms with van der Waals surface area (Å²) in [6.07, 6.45) is 1.56. The monoisotopic (exact) mass is 418 g/mol. The first-order valence-corrected chi connectivity index (χ1v) is 9.08. The zero-order chi connectivity index (χ0) is 19.1. The molecule has 1 amide bonds. The Balaban J connectivity index is 1.91. The first-order valence-electron chi connectivity index (χ1n) is 8.29. The number of hydrazone groups is 1. The first-order chi connectivity index (χ1) is 12.4. The summed E-state index contributed by atoms with van der Waals surface area (Å²) in [5.74, 6) is 1.47. The number of nitrogens with one attached hydrogen (secondary N) is 1. The van der Waals surface area contributed by atoms with Gasteiger partial charge in [0.25, 0.3) is 5.91 Å². The van der Waals surface area contributed by atoms with Crippen molar-refractivity contribution in [2.45, 2.75) is 26.7 Å². The van der Waals surface area contributed by atoms with Gasteiger partial charge in [-0.1, -0.05) is 26.0 Å². The highest BCUT2D eigenvalue weighted by atomic mass is 79.9. The van der Waals surface area contributed by atoms with E-state index >= 15 is 0 Å². The Bertz CT molecular complexity index is 804. The molecule has 6 heteroatoms. The molecule has 0 aromatic heterocycles. The quantitative estimate of drug-likeness (QED) is 0.534. The summed E-state index contributed by atoms with van der Waals surface area (Å²) in [6, 6.07) is 11.5. The average molecular weight is 419 g/mol. The van der Waals surface area contributed by atoms with Crippen molar-refractivity contribution >= 4 is 28.1 Å². The summed E-state index contributed by atoms with van der Waals surface area (Å²) in [4.78, 5) is 12.0. The predicted molar refractivity (Wildman–Crippen MR) is 107 cm³/mol. The Kier molecular flexibility index (Phi) is 7.21. The fraction of sp³-hybridized carbons (Fsp3) is 0.300. The molecule has 1 N–H and O–H groups in total. The van der Waals surface area contributed by atoms with Gasteiger partial charge in [-0.15, -0.1) is 0 Å². The molecule has 0 heterocycles. The van der Waals surface area contributed by atoms with Gasteiger partial charge in [-0.05, 0) is 69.7 Å². The lowest BCUT2D eigenvalue weighted by Gasteiger charge is -2.14. The van der Waals surface area contributed by atoms with E-state index in [4.69, 9.17) is 9.47 Å². The zero-order valence-electron chi connectivity index (χ0n) is 15.4. The van der Waals surface area contributed by atoms with E-state index in [9.17, 15) is 4.79 Å². The molecule has 0 aliphatic carbocycles. The van der Waals surface area contributed by atoms with Crippen molar-refractivity contribution in [2.75, 3.05) is 13.7 Å². The number of rotatable bonds is 7. The van der Waals surface area contributed by atoms with Gasteiger partial charge in [0.05, 0.1) is 17.8 Å². The van der Waals surface area contributed by atoms with Crippen LogP contribution in [0, 0.1) is 6.92 Å². The molecule has 0 unspecified atom stereocenters. The number of carbonyl (C=O) groups is 1. The van der Waals surface area contributed by atoms with E-state index in [0.717, 1.165) is 32.7 Å². The number of halogens is 1. The van der Waals surface area contributed by atoms with Crippen LogP contribution in [0.15, 0.2) is 46.0 Å². The van der Waals surface area contributed by atoms with Gasteiger partial charge in [0.15, 0.2) is 6.61 Å². The van der Waals surface area contributed by atoms with E-state index in [1.807, 2.05) is 43.3 Å². The minimum atomic E-state index is -0.315. The highest BCUT2D eigenvalue weighted by Gasteiger charge is 2.10. The number of aryl methyl sites for hydroxylation is 1. The van der Waals surface area contributed by atoms with E-state index in [0.29, 0.717) is 5.92 Å². The third-order valence-electron chi connectivity index (χ3n) is 3.73. The fourth-order valence-electron chi connectivity index (χ4n) is 2.36. The van der Waals surface area contributed by atoms with Gasteiger partial charge >= 0.3 is 0 Å². The second kappa shape index (κ2) is 9.38. The lowest BCUT2D eigenvalue weighted by Crippen LogP contribution is -2.25. The van der Waals surface area contributed by atoms with Crippen LogP contribution in [0.3, 0.4) is 0 Å². The maximum Gasteiger partial charge on any atom is 0.277 e. The van der Waals surface area contributed by atoms with Crippen LogP contribution in [0.1, 0.15) is 36.5 Å². The van der Waals surface area contributed by atoms with Gasteiger partial charge in [0.1, 0.15) is 11.5 Å². The van der Waals surface area contributed by atoms with Crippen LogP contribution in [0.4, 0.5) is 0 Å². The molecule has 5 nitrogen and oxygen atoms in total. The molecule has 0 aliphatic rings. The molecule has 0 aliphatic heterocycles. The van der Waals surface area contributed by atoms with Crippen LogP contribution in [-0.4, -0.2) is 25.8 Å². The summed E-state index contributed by atoms with van der Waals surface area (Å²) in [7, 11) is 1.60. The van der Waals surface area contributed by atoms with Gasteiger partial charge in [0, 0.05) is 0 Å². The number of amides is 1. The summed E-state index contributed by atoms with van der Waals surface area (Å²) < 4.78 is 11.7. The Hall–Kier alpha value is -2.34. The lowest BCUT2D eigenvalue weighted by molar-refractivity contribution is -0.123. The number of carbonyl (C=O) groups excluding carboxylic acids is 1. The average Bonchev–Trinajstić information content (AvgIpc) is 2.60.